The van der Waals surface area contributed by atoms with Crippen LogP contribution in [0.25, 0.3) is 0 Å². The van der Waals surface area contributed by atoms with E-state index in [1.54, 1.807) is 26.2 Å². The number of hydrogen-bond acceptors (Lipinski definition) is 5. The second-order valence-electron chi connectivity index (χ2n) is 4.03. The average Bonchev–Trinajstić information content (AvgIpc) is 2.33. The number of rotatable bonds is 8. The average molecular weight is 288 g/mol. The molecule has 0 unspecified atom stereocenters. The Morgan fingerprint density at radius 3 is 2.63 bits per heavy atom. The zero-order valence-corrected chi connectivity index (χ0v) is 12.0. The first-order valence-corrected chi connectivity index (χ1v) is 7.38. The van der Waals surface area contributed by atoms with E-state index >= 15 is 0 Å². The Hall–Kier alpha value is -1.15. The van der Waals surface area contributed by atoms with Crippen molar-refractivity contribution in [2.45, 2.75) is 11.8 Å². The number of ether oxygens (including phenoxy) is 2. The number of aryl methyl sites for hydroxylation is 1. The Bertz CT molecular complexity index is 502. The molecule has 0 bridgehead atoms. The summed E-state index contributed by atoms with van der Waals surface area (Å²) in [6.45, 7) is 3.16. The summed E-state index contributed by atoms with van der Waals surface area (Å²) in [4.78, 5) is 0.235. The van der Waals surface area contributed by atoms with Crippen LogP contribution in [0.4, 0.5) is 5.69 Å². The van der Waals surface area contributed by atoms with Gasteiger partial charge in [-0.3, -0.25) is 0 Å². The second kappa shape index (κ2) is 7.44. The molecule has 0 saturated carbocycles. The van der Waals surface area contributed by atoms with Crippen molar-refractivity contribution in [3.63, 3.8) is 0 Å². The van der Waals surface area contributed by atoms with Gasteiger partial charge in [0.25, 0.3) is 0 Å². The van der Waals surface area contributed by atoms with Crippen LogP contribution < -0.4 is 10.5 Å². The smallest absolute Gasteiger partial charge is 0.240 e. The summed E-state index contributed by atoms with van der Waals surface area (Å²) in [7, 11) is -1.94. The molecule has 108 valence electrons. The van der Waals surface area contributed by atoms with Gasteiger partial charge < -0.3 is 15.2 Å². The molecule has 0 fully saturated rings. The highest BCUT2D eigenvalue weighted by Gasteiger charge is 2.15. The molecule has 0 aliphatic heterocycles. The summed E-state index contributed by atoms with van der Waals surface area (Å²) < 4.78 is 36.5. The molecule has 0 spiro atoms. The lowest BCUT2D eigenvalue weighted by atomic mass is 10.2. The van der Waals surface area contributed by atoms with Crippen LogP contribution in [0.15, 0.2) is 23.1 Å². The molecule has 0 aliphatic rings. The highest BCUT2D eigenvalue weighted by atomic mass is 32.2. The maximum absolute atomic E-state index is 12.0. The maximum atomic E-state index is 12.0. The molecule has 0 aliphatic carbocycles. The summed E-state index contributed by atoms with van der Waals surface area (Å²) in [5.74, 6) is 0. The third-order valence-corrected chi connectivity index (χ3v) is 4.08. The second-order valence-corrected chi connectivity index (χ2v) is 5.76. The van der Waals surface area contributed by atoms with E-state index in [1.165, 1.54) is 6.07 Å². The van der Waals surface area contributed by atoms with Crippen molar-refractivity contribution in [1.82, 2.24) is 4.72 Å². The largest absolute Gasteiger partial charge is 0.399 e. The molecule has 19 heavy (non-hydrogen) atoms. The lowest BCUT2D eigenvalue weighted by molar-refractivity contribution is 0.0736. The Morgan fingerprint density at radius 2 is 2.00 bits per heavy atom. The molecule has 7 heteroatoms. The lowest BCUT2D eigenvalue weighted by Gasteiger charge is -2.10. The molecule has 0 aromatic heterocycles. The van der Waals surface area contributed by atoms with E-state index in [9.17, 15) is 8.42 Å². The van der Waals surface area contributed by atoms with Gasteiger partial charge in [-0.15, -0.1) is 0 Å². The van der Waals surface area contributed by atoms with Crippen LogP contribution in [0.5, 0.6) is 0 Å². The number of methoxy groups -OCH3 is 1. The van der Waals surface area contributed by atoms with Gasteiger partial charge in [0.1, 0.15) is 0 Å². The summed E-state index contributed by atoms with van der Waals surface area (Å²) in [5.41, 5.74) is 6.75. The molecule has 0 radical (unpaired) electrons. The molecule has 0 heterocycles. The predicted octanol–water partition coefficient (Wildman–Crippen LogP) is 0.519. The fourth-order valence-electron chi connectivity index (χ4n) is 1.54. The van der Waals surface area contributed by atoms with Crippen LogP contribution >= 0.6 is 0 Å². The van der Waals surface area contributed by atoms with Crippen LogP contribution in [-0.4, -0.2) is 41.9 Å². The summed E-state index contributed by atoms with van der Waals surface area (Å²) in [6.07, 6.45) is 0. The van der Waals surface area contributed by atoms with Crippen molar-refractivity contribution in [3.05, 3.63) is 23.8 Å². The molecular weight excluding hydrogens is 268 g/mol. The number of nitrogens with two attached hydrogens (primary N) is 1. The molecule has 0 saturated heterocycles. The van der Waals surface area contributed by atoms with Crippen LogP contribution in [0.2, 0.25) is 0 Å². The third-order valence-electron chi connectivity index (χ3n) is 2.46. The standard InChI is InChI=1S/C12H20N2O4S/c1-10-9-11(13)3-4-12(10)19(15,16)14-5-6-18-8-7-17-2/h3-4,9,14H,5-8,13H2,1-2H3. The normalized spacial score (nSPS) is 11.7. The predicted molar refractivity (Wildman–Crippen MR) is 73.5 cm³/mol. The van der Waals surface area contributed by atoms with E-state index in [4.69, 9.17) is 15.2 Å². The fraction of sp³-hybridized carbons (Fsp3) is 0.500. The van der Waals surface area contributed by atoms with Gasteiger partial charge in [-0.25, -0.2) is 13.1 Å². The molecule has 1 aromatic carbocycles. The molecule has 0 atom stereocenters. The van der Waals surface area contributed by atoms with Gasteiger partial charge >= 0.3 is 0 Å². The van der Waals surface area contributed by atoms with Crippen molar-refractivity contribution >= 4 is 15.7 Å². The number of nitrogen functional groups attached to an aromatic ring is 1. The van der Waals surface area contributed by atoms with Gasteiger partial charge in [-0.2, -0.15) is 0 Å². The van der Waals surface area contributed by atoms with E-state index in [-0.39, 0.29) is 11.4 Å². The minimum absolute atomic E-state index is 0.218. The van der Waals surface area contributed by atoms with Gasteiger partial charge in [-0.1, -0.05) is 0 Å². The molecule has 0 amide bonds. The van der Waals surface area contributed by atoms with E-state index in [0.717, 1.165) is 0 Å². The Kier molecular flexibility index (Phi) is 6.23. The van der Waals surface area contributed by atoms with Crippen LogP contribution in [0, 0.1) is 6.92 Å². The summed E-state index contributed by atoms with van der Waals surface area (Å²) >= 11 is 0. The Labute approximate surface area is 113 Å². The highest BCUT2D eigenvalue weighted by molar-refractivity contribution is 7.89. The summed E-state index contributed by atoms with van der Waals surface area (Å²) in [6, 6.07) is 4.69. The van der Waals surface area contributed by atoms with Gasteiger partial charge in [0, 0.05) is 19.3 Å². The van der Waals surface area contributed by atoms with Crippen LogP contribution in [-0.2, 0) is 19.5 Å². The number of hydrogen-bond donors (Lipinski definition) is 2. The number of benzene rings is 1. The summed E-state index contributed by atoms with van der Waals surface area (Å²) in [5, 5.41) is 0. The third kappa shape index (κ3) is 5.15. The van der Waals surface area contributed by atoms with Crippen molar-refractivity contribution in [2.75, 3.05) is 39.2 Å². The number of nitrogens with one attached hydrogen (secondary N) is 1. The van der Waals surface area contributed by atoms with Gasteiger partial charge in [0.15, 0.2) is 0 Å². The van der Waals surface area contributed by atoms with Crippen molar-refractivity contribution in [2.24, 2.45) is 0 Å². The van der Waals surface area contributed by atoms with E-state index in [1.807, 2.05) is 0 Å². The quantitative estimate of drug-likeness (QED) is 0.537. The SMILES string of the molecule is COCCOCCNS(=O)(=O)c1ccc(N)cc1C. The van der Waals surface area contributed by atoms with Crippen LogP contribution in [0.3, 0.4) is 0 Å². The zero-order chi connectivity index (χ0) is 14.3. The Balaban J connectivity index is 2.52. The molecule has 6 nitrogen and oxygen atoms in total. The van der Waals surface area contributed by atoms with Crippen molar-refractivity contribution < 1.29 is 17.9 Å². The molecule has 1 rings (SSSR count). The van der Waals surface area contributed by atoms with Gasteiger partial charge in [0.2, 0.25) is 10.0 Å². The fourth-order valence-corrected chi connectivity index (χ4v) is 2.78. The monoisotopic (exact) mass is 288 g/mol. The minimum atomic E-state index is -3.52. The first-order chi connectivity index (χ1) is 8.97. The zero-order valence-electron chi connectivity index (χ0n) is 11.2. The van der Waals surface area contributed by atoms with Gasteiger partial charge in [0.05, 0.1) is 24.7 Å². The minimum Gasteiger partial charge on any atom is -0.399 e. The van der Waals surface area contributed by atoms with E-state index < -0.39 is 10.0 Å². The van der Waals surface area contributed by atoms with Crippen molar-refractivity contribution in [3.8, 4) is 0 Å². The number of sulfonamides is 1. The molecule has 1 aromatic rings. The maximum Gasteiger partial charge on any atom is 0.240 e. The Morgan fingerprint density at radius 1 is 1.26 bits per heavy atom. The van der Waals surface area contributed by atoms with E-state index in [2.05, 4.69) is 4.72 Å². The number of anilines is 1. The molecular formula is C12H20N2O4S. The topological polar surface area (TPSA) is 90.6 Å². The first-order valence-electron chi connectivity index (χ1n) is 5.90. The van der Waals surface area contributed by atoms with Crippen LogP contribution in [0.1, 0.15) is 5.56 Å². The van der Waals surface area contributed by atoms with Crippen molar-refractivity contribution in [1.29, 1.82) is 0 Å². The molecule has 3 N–H and O–H groups in total. The first kappa shape index (κ1) is 15.9. The highest BCUT2D eigenvalue weighted by Crippen LogP contribution is 2.17. The van der Waals surface area contributed by atoms with Gasteiger partial charge in [-0.05, 0) is 30.7 Å². The lowest BCUT2D eigenvalue weighted by Crippen LogP contribution is -2.28. The van der Waals surface area contributed by atoms with E-state index in [0.29, 0.717) is 31.1 Å².